The van der Waals surface area contributed by atoms with Crippen LogP contribution in [0, 0.1) is 15.9 Å². The van der Waals surface area contributed by atoms with Crippen molar-refractivity contribution < 1.29 is 14.1 Å². The summed E-state index contributed by atoms with van der Waals surface area (Å²) >= 11 is 0. The number of nitro benzene ring substituents is 1. The average Bonchev–Trinajstić information content (AvgIpc) is 2.16. The highest BCUT2D eigenvalue weighted by Gasteiger charge is 2.19. The first kappa shape index (κ1) is 12.1. The van der Waals surface area contributed by atoms with E-state index in [-0.39, 0.29) is 17.7 Å². The molecule has 0 aliphatic rings. The molecule has 1 amide bonds. The predicted octanol–water partition coefficient (Wildman–Crippen LogP) is 0.0890. The van der Waals surface area contributed by atoms with Gasteiger partial charge in [-0.05, 0) is 12.1 Å². The van der Waals surface area contributed by atoms with Gasteiger partial charge >= 0.3 is 0 Å². The van der Waals surface area contributed by atoms with Crippen LogP contribution < -0.4 is 11.5 Å². The number of halogens is 1. The minimum absolute atomic E-state index is 0.0521. The third-order valence-electron chi connectivity index (χ3n) is 2.04. The van der Waals surface area contributed by atoms with Crippen LogP contribution in [0.1, 0.15) is 5.56 Å². The number of nitrogens with two attached hydrogens (primary N) is 2. The fraction of sp³-hybridized carbons (Fsp3) is 0.222. The Kier molecular flexibility index (Phi) is 3.51. The standard InChI is InChI=1S/C9H10FN3O3/c10-6-1-2-8(13(15)16)5(3-6)4-7(11)9(12)14/h1-3,7H,4,11H2,(H2,12,14). The maximum Gasteiger partial charge on any atom is 0.272 e. The number of carbonyl (C=O) groups excluding carboxylic acids is 1. The Bertz CT molecular complexity index is 436. The van der Waals surface area contributed by atoms with Crippen molar-refractivity contribution in [2.75, 3.05) is 0 Å². The number of rotatable bonds is 4. The van der Waals surface area contributed by atoms with E-state index in [4.69, 9.17) is 11.5 Å². The molecule has 0 aliphatic heterocycles. The number of nitro groups is 1. The molecule has 86 valence electrons. The molecule has 0 saturated carbocycles. The first-order chi connectivity index (χ1) is 7.41. The summed E-state index contributed by atoms with van der Waals surface area (Å²) in [4.78, 5) is 20.6. The van der Waals surface area contributed by atoms with Crippen molar-refractivity contribution in [2.24, 2.45) is 11.5 Å². The van der Waals surface area contributed by atoms with Crippen molar-refractivity contribution in [3.63, 3.8) is 0 Å². The third-order valence-corrected chi connectivity index (χ3v) is 2.04. The van der Waals surface area contributed by atoms with Gasteiger partial charge in [-0.15, -0.1) is 0 Å². The second-order valence-corrected chi connectivity index (χ2v) is 3.24. The van der Waals surface area contributed by atoms with E-state index in [9.17, 15) is 19.3 Å². The van der Waals surface area contributed by atoms with Crippen LogP contribution in [0.3, 0.4) is 0 Å². The molecule has 0 radical (unpaired) electrons. The zero-order valence-corrected chi connectivity index (χ0v) is 8.22. The summed E-state index contributed by atoms with van der Waals surface area (Å²) in [5.74, 6) is -1.42. The SMILES string of the molecule is NC(=O)C(N)Cc1cc(F)ccc1[N+](=O)[O-]. The largest absolute Gasteiger partial charge is 0.368 e. The van der Waals surface area contributed by atoms with Gasteiger partial charge in [-0.1, -0.05) is 0 Å². The molecule has 1 rings (SSSR count). The van der Waals surface area contributed by atoms with Gasteiger partial charge in [0, 0.05) is 18.1 Å². The summed E-state index contributed by atoms with van der Waals surface area (Å²) in [6.45, 7) is 0. The Hall–Kier alpha value is -2.02. The molecule has 0 aromatic heterocycles. The maximum absolute atomic E-state index is 12.9. The van der Waals surface area contributed by atoms with Gasteiger partial charge in [-0.3, -0.25) is 14.9 Å². The van der Waals surface area contributed by atoms with E-state index >= 15 is 0 Å². The van der Waals surface area contributed by atoms with Gasteiger partial charge in [0.05, 0.1) is 11.0 Å². The average molecular weight is 227 g/mol. The molecule has 0 saturated heterocycles. The molecule has 7 heteroatoms. The molecule has 0 aliphatic carbocycles. The van der Waals surface area contributed by atoms with E-state index in [1.165, 1.54) is 0 Å². The number of amides is 1. The lowest BCUT2D eigenvalue weighted by molar-refractivity contribution is -0.385. The molecule has 0 bridgehead atoms. The van der Waals surface area contributed by atoms with Crippen molar-refractivity contribution in [3.05, 3.63) is 39.7 Å². The van der Waals surface area contributed by atoms with Crippen molar-refractivity contribution in [1.29, 1.82) is 0 Å². The van der Waals surface area contributed by atoms with Crippen LogP contribution >= 0.6 is 0 Å². The monoisotopic (exact) mass is 227 g/mol. The summed E-state index contributed by atoms with van der Waals surface area (Å²) in [7, 11) is 0. The predicted molar refractivity (Wildman–Crippen MR) is 53.9 cm³/mol. The van der Waals surface area contributed by atoms with Crippen molar-refractivity contribution in [3.8, 4) is 0 Å². The molecular weight excluding hydrogens is 217 g/mol. The smallest absolute Gasteiger partial charge is 0.272 e. The van der Waals surface area contributed by atoms with E-state index < -0.39 is 22.7 Å². The van der Waals surface area contributed by atoms with E-state index in [0.717, 1.165) is 18.2 Å². The van der Waals surface area contributed by atoms with Crippen LogP contribution in [0.2, 0.25) is 0 Å². The number of hydrogen-bond donors (Lipinski definition) is 2. The summed E-state index contributed by atoms with van der Waals surface area (Å²) in [5, 5.41) is 10.6. The number of primary amides is 1. The normalized spacial score (nSPS) is 12.1. The Labute approximate surface area is 90.2 Å². The van der Waals surface area contributed by atoms with Crippen molar-refractivity contribution in [1.82, 2.24) is 0 Å². The van der Waals surface area contributed by atoms with E-state index in [1.54, 1.807) is 0 Å². The van der Waals surface area contributed by atoms with Crippen LogP contribution in [0.5, 0.6) is 0 Å². The molecule has 16 heavy (non-hydrogen) atoms. The highest BCUT2D eigenvalue weighted by atomic mass is 19.1. The van der Waals surface area contributed by atoms with E-state index in [0.29, 0.717) is 0 Å². The number of benzene rings is 1. The first-order valence-electron chi connectivity index (χ1n) is 4.39. The zero-order valence-electron chi connectivity index (χ0n) is 8.22. The van der Waals surface area contributed by atoms with Crippen molar-refractivity contribution >= 4 is 11.6 Å². The molecule has 1 unspecified atom stereocenters. The lowest BCUT2D eigenvalue weighted by Crippen LogP contribution is -2.38. The summed E-state index contributed by atoms with van der Waals surface area (Å²) in [5.41, 5.74) is 10.0. The molecule has 0 fully saturated rings. The summed E-state index contributed by atoms with van der Waals surface area (Å²) in [6, 6.07) is 1.90. The first-order valence-corrected chi connectivity index (χ1v) is 4.39. The second kappa shape index (κ2) is 4.67. The Morgan fingerprint density at radius 1 is 1.56 bits per heavy atom. The van der Waals surface area contributed by atoms with E-state index in [2.05, 4.69) is 0 Å². The molecule has 0 heterocycles. The maximum atomic E-state index is 12.9. The number of hydrogen-bond acceptors (Lipinski definition) is 4. The molecule has 1 aromatic carbocycles. The molecule has 1 atom stereocenters. The third kappa shape index (κ3) is 2.74. The Morgan fingerprint density at radius 3 is 2.69 bits per heavy atom. The van der Waals surface area contributed by atoms with Crippen LogP contribution in [0.4, 0.5) is 10.1 Å². The molecule has 6 nitrogen and oxygen atoms in total. The van der Waals surface area contributed by atoms with Crippen LogP contribution in [-0.4, -0.2) is 16.9 Å². The Balaban J connectivity index is 3.05. The van der Waals surface area contributed by atoms with Gasteiger partial charge in [0.25, 0.3) is 5.69 Å². The fourth-order valence-corrected chi connectivity index (χ4v) is 1.23. The fourth-order valence-electron chi connectivity index (χ4n) is 1.23. The Morgan fingerprint density at radius 2 is 2.19 bits per heavy atom. The molecule has 4 N–H and O–H groups in total. The van der Waals surface area contributed by atoms with Crippen LogP contribution in [0.15, 0.2) is 18.2 Å². The second-order valence-electron chi connectivity index (χ2n) is 3.24. The minimum atomic E-state index is -1.07. The van der Waals surface area contributed by atoms with Gasteiger partial charge in [0.1, 0.15) is 5.82 Å². The summed E-state index contributed by atoms with van der Waals surface area (Å²) in [6.07, 6.45) is -0.163. The topological polar surface area (TPSA) is 112 Å². The number of carbonyl (C=O) groups is 1. The minimum Gasteiger partial charge on any atom is -0.368 e. The van der Waals surface area contributed by atoms with Crippen molar-refractivity contribution in [2.45, 2.75) is 12.5 Å². The highest BCUT2D eigenvalue weighted by molar-refractivity contribution is 5.80. The van der Waals surface area contributed by atoms with Gasteiger partial charge in [0.15, 0.2) is 0 Å². The number of nitrogens with zero attached hydrogens (tertiary/aromatic N) is 1. The molecule has 1 aromatic rings. The van der Waals surface area contributed by atoms with Crippen LogP contribution in [-0.2, 0) is 11.2 Å². The van der Waals surface area contributed by atoms with Crippen LogP contribution in [0.25, 0.3) is 0 Å². The lowest BCUT2D eigenvalue weighted by atomic mass is 10.0. The zero-order chi connectivity index (χ0) is 12.3. The van der Waals surface area contributed by atoms with Gasteiger partial charge < -0.3 is 11.5 Å². The van der Waals surface area contributed by atoms with Gasteiger partial charge in [-0.25, -0.2) is 4.39 Å². The molecule has 0 spiro atoms. The van der Waals surface area contributed by atoms with E-state index in [1.807, 2.05) is 0 Å². The highest BCUT2D eigenvalue weighted by Crippen LogP contribution is 2.20. The molecular formula is C9H10FN3O3. The van der Waals surface area contributed by atoms with Gasteiger partial charge in [0.2, 0.25) is 5.91 Å². The lowest BCUT2D eigenvalue weighted by Gasteiger charge is -2.07. The quantitative estimate of drug-likeness (QED) is 0.560. The summed E-state index contributed by atoms with van der Waals surface area (Å²) < 4.78 is 12.9. The van der Waals surface area contributed by atoms with Gasteiger partial charge in [-0.2, -0.15) is 0 Å².